The average Bonchev–Trinajstić information content (AvgIpc) is 2.61. The highest BCUT2D eigenvalue weighted by molar-refractivity contribution is 6.12. The molecule has 0 bridgehead atoms. The molecule has 0 spiro atoms. The summed E-state index contributed by atoms with van der Waals surface area (Å²) < 4.78 is 0. The molecule has 106 valence electrons. The minimum atomic E-state index is -0.861. The Balaban J connectivity index is 2.52. The summed E-state index contributed by atoms with van der Waals surface area (Å²) in [4.78, 5) is 39.0. The number of rotatable bonds is 1. The van der Waals surface area contributed by atoms with Crippen molar-refractivity contribution in [2.75, 3.05) is 0 Å². The monoisotopic (exact) mass is 274 g/mol. The zero-order chi connectivity index (χ0) is 15.1. The third kappa shape index (κ3) is 2.19. The van der Waals surface area contributed by atoms with Gasteiger partial charge in [0.25, 0.3) is 5.91 Å². The highest BCUT2D eigenvalue weighted by atomic mass is 16.2. The molecule has 4 amide bonds. The lowest BCUT2D eigenvalue weighted by atomic mass is 10.0. The van der Waals surface area contributed by atoms with Gasteiger partial charge in [-0.05, 0) is 26.3 Å². The number of hydrogen-bond donors (Lipinski definition) is 0. The van der Waals surface area contributed by atoms with E-state index in [4.69, 9.17) is 0 Å². The number of benzene rings is 1. The lowest BCUT2D eigenvalue weighted by Crippen LogP contribution is -2.46. The lowest BCUT2D eigenvalue weighted by Gasteiger charge is -2.29. The van der Waals surface area contributed by atoms with Crippen LogP contribution in [-0.2, 0) is 9.59 Å². The fourth-order valence-corrected chi connectivity index (χ4v) is 2.41. The van der Waals surface area contributed by atoms with Crippen LogP contribution in [0.5, 0.6) is 0 Å². The number of carbonyl (C=O) groups is 3. The zero-order valence-electron chi connectivity index (χ0n) is 12.1. The highest BCUT2D eigenvalue weighted by Crippen LogP contribution is 2.34. The van der Waals surface area contributed by atoms with E-state index in [0.29, 0.717) is 5.56 Å². The fraction of sp³-hybridized carbons (Fsp3) is 0.400. The molecule has 1 aromatic carbocycles. The lowest BCUT2D eigenvalue weighted by molar-refractivity contribution is -0.135. The fourth-order valence-electron chi connectivity index (χ4n) is 2.41. The van der Waals surface area contributed by atoms with Gasteiger partial charge in [-0.2, -0.15) is 0 Å². The molecular formula is C15H18N2O3. The SMILES string of the molecule is CC(=O)N1C(=O)N(C(C)(C)C)C(=O)[C@@H]1c1ccccc1. The van der Waals surface area contributed by atoms with Crippen LogP contribution in [-0.4, -0.2) is 33.2 Å². The van der Waals surface area contributed by atoms with Crippen molar-refractivity contribution in [3.8, 4) is 0 Å². The van der Waals surface area contributed by atoms with Crippen LogP contribution in [0.1, 0.15) is 39.3 Å². The summed E-state index contributed by atoms with van der Waals surface area (Å²) in [5, 5.41) is 0. The molecule has 0 N–H and O–H groups in total. The third-order valence-electron chi connectivity index (χ3n) is 3.24. The van der Waals surface area contributed by atoms with Crippen molar-refractivity contribution in [3.63, 3.8) is 0 Å². The van der Waals surface area contributed by atoms with E-state index in [9.17, 15) is 14.4 Å². The molecule has 1 saturated heterocycles. The van der Waals surface area contributed by atoms with Crippen LogP contribution in [0.15, 0.2) is 30.3 Å². The van der Waals surface area contributed by atoms with Crippen LogP contribution in [0.25, 0.3) is 0 Å². The van der Waals surface area contributed by atoms with Crippen molar-refractivity contribution >= 4 is 17.8 Å². The van der Waals surface area contributed by atoms with Crippen LogP contribution in [0.3, 0.4) is 0 Å². The van der Waals surface area contributed by atoms with Crippen molar-refractivity contribution in [2.45, 2.75) is 39.3 Å². The molecule has 1 aromatic rings. The van der Waals surface area contributed by atoms with Gasteiger partial charge in [0.05, 0.1) is 0 Å². The third-order valence-corrected chi connectivity index (χ3v) is 3.24. The molecule has 1 fully saturated rings. The molecule has 0 aliphatic carbocycles. The van der Waals surface area contributed by atoms with Gasteiger partial charge in [-0.1, -0.05) is 30.3 Å². The Morgan fingerprint density at radius 3 is 2.10 bits per heavy atom. The molecule has 1 aliphatic heterocycles. The number of imide groups is 2. The maximum absolute atomic E-state index is 12.6. The maximum Gasteiger partial charge on any atom is 0.334 e. The summed E-state index contributed by atoms with van der Waals surface area (Å²) in [6, 6.07) is 7.47. The van der Waals surface area contributed by atoms with E-state index in [1.165, 1.54) is 6.92 Å². The van der Waals surface area contributed by atoms with Crippen LogP contribution in [0, 0.1) is 0 Å². The molecule has 2 rings (SSSR count). The van der Waals surface area contributed by atoms with Crippen LogP contribution in [0.2, 0.25) is 0 Å². The minimum absolute atomic E-state index is 0.358. The van der Waals surface area contributed by atoms with E-state index < -0.39 is 23.5 Å². The van der Waals surface area contributed by atoms with Crippen LogP contribution in [0.4, 0.5) is 4.79 Å². The summed E-state index contributed by atoms with van der Waals surface area (Å²) >= 11 is 0. The molecule has 1 heterocycles. The molecule has 0 aromatic heterocycles. The second-order valence-corrected chi connectivity index (χ2v) is 5.83. The Bertz CT molecular complexity index is 560. The van der Waals surface area contributed by atoms with E-state index >= 15 is 0 Å². The molecule has 0 radical (unpaired) electrons. The van der Waals surface area contributed by atoms with Crippen molar-refractivity contribution in [3.05, 3.63) is 35.9 Å². The zero-order valence-corrected chi connectivity index (χ0v) is 12.1. The van der Waals surface area contributed by atoms with E-state index in [2.05, 4.69) is 0 Å². The van der Waals surface area contributed by atoms with E-state index in [-0.39, 0.29) is 5.91 Å². The quantitative estimate of drug-likeness (QED) is 0.738. The molecule has 0 saturated carbocycles. The predicted molar refractivity (Wildman–Crippen MR) is 73.7 cm³/mol. The standard InChI is InChI=1S/C15H18N2O3/c1-10(18)16-12(11-8-6-5-7-9-11)13(19)17(14(16)20)15(2,3)4/h5-9,12H,1-4H3/t12-/m0/s1. The van der Waals surface area contributed by atoms with Gasteiger partial charge < -0.3 is 0 Å². The molecule has 5 heteroatoms. The van der Waals surface area contributed by atoms with Crippen molar-refractivity contribution in [2.24, 2.45) is 0 Å². The number of amides is 4. The molecule has 5 nitrogen and oxygen atoms in total. The first kappa shape index (κ1) is 14.2. The molecular weight excluding hydrogens is 256 g/mol. The van der Waals surface area contributed by atoms with Gasteiger partial charge in [-0.25, -0.2) is 9.69 Å². The summed E-state index contributed by atoms with van der Waals surface area (Å²) in [6.45, 7) is 6.62. The summed E-state index contributed by atoms with van der Waals surface area (Å²) in [7, 11) is 0. The number of carbonyl (C=O) groups excluding carboxylic acids is 3. The highest BCUT2D eigenvalue weighted by Gasteiger charge is 2.51. The number of hydrogen-bond acceptors (Lipinski definition) is 3. The Morgan fingerprint density at radius 1 is 1.10 bits per heavy atom. The van der Waals surface area contributed by atoms with Crippen LogP contribution < -0.4 is 0 Å². The predicted octanol–water partition coefficient (Wildman–Crippen LogP) is 2.34. The Labute approximate surface area is 118 Å². The van der Waals surface area contributed by atoms with E-state index in [0.717, 1.165) is 9.80 Å². The Morgan fingerprint density at radius 2 is 1.65 bits per heavy atom. The molecule has 1 aliphatic rings. The summed E-state index contributed by atoms with van der Waals surface area (Å²) in [5.41, 5.74) is -0.0152. The minimum Gasteiger partial charge on any atom is -0.275 e. The van der Waals surface area contributed by atoms with Crippen molar-refractivity contribution < 1.29 is 14.4 Å². The van der Waals surface area contributed by atoms with Gasteiger partial charge in [0.1, 0.15) is 6.04 Å². The van der Waals surface area contributed by atoms with Crippen LogP contribution >= 0.6 is 0 Å². The molecule has 1 atom stereocenters. The first-order chi connectivity index (χ1) is 9.25. The Hall–Kier alpha value is -2.17. The molecule has 20 heavy (non-hydrogen) atoms. The van der Waals surface area contributed by atoms with Crippen molar-refractivity contribution in [1.82, 2.24) is 9.80 Å². The second-order valence-electron chi connectivity index (χ2n) is 5.83. The van der Waals surface area contributed by atoms with Gasteiger partial charge in [-0.3, -0.25) is 14.5 Å². The van der Waals surface area contributed by atoms with Gasteiger partial charge in [0.15, 0.2) is 0 Å². The van der Waals surface area contributed by atoms with Gasteiger partial charge >= 0.3 is 6.03 Å². The molecule has 0 unspecified atom stereocenters. The van der Waals surface area contributed by atoms with Gasteiger partial charge in [-0.15, -0.1) is 0 Å². The van der Waals surface area contributed by atoms with Crippen molar-refractivity contribution in [1.29, 1.82) is 0 Å². The normalized spacial score (nSPS) is 19.7. The topological polar surface area (TPSA) is 57.7 Å². The average molecular weight is 274 g/mol. The van der Waals surface area contributed by atoms with Gasteiger partial charge in [0.2, 0.25) is 5.91 Å². The first-order valence-electron chi connectivity index (χ1n) is 6.48. The number of nitrogens with zero attached hydrogens (tertiary/aromatic N) is 2. The smallest absolute Gasteiger partial charge is 0.275 e. The Kier molecular flexibility index (Phi) is 3.38. The largest absolute Gasteiger partial charge is 0.334 e. The van der Waals surface area contributed by atoms with E-state index in [1.807, 2.05) is 6.07 Å². The number of urea groups is 1. The maximum atomic E-state index is 12.6. The summed E-state index contributed by atoms with van der Waals surface area (Å²) in [5.74, 6) is -0.784. The van der Waals surface area contributed by atoms with E-state index in [1.54, 1.807) is 45.0 Å². The first-order valence-corrected chi connectivity index (χ1v) is 6.48. The summed E-state index contributed by atoms with van der Waals surface area (Å²) in [6.07, 6.45) is 0. The van der Waals surface area contributed by atoms with Gasteiger partial charge in [0, 0.05) is 12.5 Å². The second kappa shape index (κ2) is 4.74.